The molecule has 9 nitrogen and oxygen atoms in total. The number of carboxylic acids is 1. The van der Waals surface area contributed by atoms with Gasteiger partial charge in [-0.15, -0.1) is 0 Å². The SMILES string of the molecule is Cc1c(COc2cc(OCCCN3CCC(O)C3)c(CN3CCCC[C@H]3C(=O)O)cc2Cl)cccc1-c1cccc(OCCCN2CC[C@@H](C)C2)c1C. The number of benzene rings is 3. The molecule has 0 radical (unpaired) electrons. The fraction of sp³-hybridized carbons (Fsp3) is 0.558. The van der Waals surface area contributed by atoms with Crippen molar-refractivity contribution >= 4 is 17.6 Å². The van der Waals surface area contributed by atoms with Gasteiger partial charge in [-0.05, 0) is 111 Å². The van der Waals surface area contributed by atoms with Gasteiger partial charge in [-0.1, -0.05) is 55.3 Å². The number of ether oxygens (including phenoxy) is 3. The smallest absolute Gasteiger partial charge is 0.320 e. The standard InChI is InChI=1S/C43H58ClN3O6/c1-30-15-20-45(26-30)17-8-22-51-40-14-7-12-37(32(40)3)36-11-6-10-33(31(36)2)29-53-42-25-41(52-23-9-18-46-21-16-35(48)28-46)34(24-38(42)44)27-47-19-5-4-13-39(47)43(49)50/h6-7,10-12,14,24-25,30,35,39,48H,4-5,8-9,13,15-23,26-29H2,1-3H3,(H,49,50)/t30-,35?,39+/m1/s1. The molecule has 288 valence electrons. The fourth-order valence-corrected chi connectivity index (χ4v) is 8.40. The van der Waals surface area contributed by atoms with E-state index in [0.717, 1.165) is 96.8 Å². The highest BCUT2D eigenvalue weighted by molar-refractivity contribution is 6.32. The maximum Gasteiger partial charge on any atom is 0.320 e. The largest absolute Gasteiger partial charge is 0.493 e. The first kappa shape index (κ1) is 39.4. The van der Waals surface area contributed by atoms with E-state index >= 15 is 0 Å². The molecule has 0 saturated carbocycles. The van der Waals surface area contributed by atoms with E-state index in [1.54, 1.807) is 0 Å². The number of nitrogens with zero attached hydrogens (tertiary/aromatic N) is 3. The monoisotopic (exact) mass is 747 g/mol. The molecule has 3 atom stereocenters. The van der Waals surface area contributed by atoms with Gasteiger partial charge in [0.1, 0.15) is 29.9 Å². The molecule has 1 unspecified atom stereocenters. The summed E-state index contributed by atoms with van der Waals surface area (Å²) in [7, 11) is 0. The van der Waals surface area contributed by atoms with Crippen molar-refractivity contribution in [3.63, 3.8) is 0 Å². The normalized spacial score (nSPS) is 21.3. The van der Waals surface area contributed by atoms with Crippen molar-refractivity contribution < 1.29 is 29.2 Å². The summed E-state index contributed by atoms with van der Waals surface area (Å²) < 4.78 is 19.1. The highest BCUT2D eigenvalue weighted by atomic mass is 35.5. The molecule has 3 aromatic rings. The van der Waals surface area contributed by atoms with E-state index in [-0.39, 0.29) is 6.10 Å². The Balaban J connectivity index is 1.14. The molecule has 10 heteroatoms. The van der Waals surface area contributed by atoms with Crippen LogP contribution in [0.5, 0.6) is 17.2 Å². The van der Waals surface area contributed by atoms with E-state index in [4.69, 9.17) is 25.8 Å². The third-order valence-electron chi connectivity index (χ3n) is 11.3. The third-order valence-corrected chi connectivity index (χ3v) is 11.6. The lowest BCUT2D eigenvalue weighted by molar-refractivity contribution is -0.144. The molecular formula is C43H58ClN3O6. The molecule has 2 N–H and O–H groups in total. The molecule has 53 heavy (non-hydrogen) atoms. The molecular weight excluding hydrogens is 690 g/mol. The lowest BCUT2D eigenvalue weighted by atomic mass is 9.93. The lowest BCUT2D eigenvalue weighted by Gasteiger charge is -2.33. The van der Waals surface area contributed by atoms with Crippen LogP contribution in [-0.4, -0.2) is 102 Å². The summed E-state index contributed by atoms with van der Waals surface area (Å²) in [6.45, 7) is 15.2. The van der Waals surface area contributed by atoms with Crippen LogP contribution in [0.25, 0.3) is 11.1 Å². The molecule has 3 aliphatic heterocycles. The van der Waals surface area contributed by atoms with E-state index in [9.17, 15) is 15.0 Å². The number of β-amino-alcohol motifs (C(OH)–C–C–N with tert-alkyl or cyclic N) is 1. The Hall–Kier alpha value is -3.34. The number of piperidine rings is 1. The molecule has 0 aromatic heterocycles. The van der Waals surface area contributed by atoms with Crippen LogP contribution in [0.3, 0.4) is 0 Å². The second kappa shape index (κ2) is 18.8. The number of rotatable bonds is 17. The maximum absolute atomic E-state index is 12.1. The number of likely N-dealkylation sites (tertiary alicyclic amines) is 3. The van der Waals surface area contributed by atoms with Gasteiger partial charge in [0.25, 0.3) is 0 Å². The minimum absolute atomic E-state index is 0.249. The predicted molar refractivity (Wildman–Crippen MR) is 210 cm³/mol. The number of halogens is 1. The van der Waals surface area contributed by atoms with E-state index in [2.05, 4.69) is 67.0 Å². The summed E-state index contributed by atoms with van der Waals surface area (Å²) in [5.41, 5.74) is 6.47. The number of carboxylic acid groups (broad SMARTS) is 1. The van der Waals surface area contributed by atoms with Crippen LogP contribution in [0.15, 0.2) is 48.5 Å². The molecule has 3 saturated heterocycles. The van der Waals surface area contributed by atoms with Gasteiger partial charge in [0.2, 0.25) is 0 Å². The maximum atomic E-state index is 12.1. The molecule has 0 aliphatic carbocycles. The van der Waals surface area contributed by atoms with Crippen LogP contribution in [-0.2, 0) is 17.9 Å². The number of aliphatic hydroxyl groups is 1. The van der Waals surface area contributed by atoms with Gasteiger partial charge in [-0.2, -0.15) is 0 Å². The van der Waals surface area contributed by atoms with Gasteiger partial charge in [0.15, 0.2) is 0 Å². The summed E-state index contributed by atoms with van der Waals surface area (Å²) in [5.74, 6) is 2.12. The van der Waals surface area contributed by atoms with Crippen molar-refractivity contribution in [3.8, 4) is 28.4 Å². The van der Waals surface area contributed by atoms with Gasteiger partial charge in [0.05, 0.1) is 24.3 Å². The topological polar surface area (TPSA) is 94.9 Å². The molecule has 3 aliphatic rings. The van der Waals surface area contributed by atoms with Crippen molar-refractivity contribution in [2.24, 2.45) is 5.92 Å². The highest BCUT2D eigenvalue weighted by Crippen LogP contribution is 2.37. The zero-order chi connectivity index (χ0) is 37.3. The molecule has 0 spiro atoms. The number of hydrogen-bond donors (Lipinski definition) is 2. The van der Waals surface area contributed by atoms with E-state index < -0.39 is 12.0 Å². The zero-order valence-corrected chi connectivity index (χ0v) is 32.6. The first-order chi connectivity index (χ1) is 25.7. The lowest BCUT2D eigenvalue weighted by Crippen LogP contribution is -2.44. The Labute approximate surface area is 320 Å². The Kier molecular flexibility index (Phi) is 14.0. The fourth-order valence-electron chi connectivity index (χ4n) is 8.16. The van der Waals surface area contributed by atoms with E-state index in [1.165, 1.54) is 19.5 Å². The van der Waals surface area contributed by atoms with Crippen molar-refractivity contribution in [2.75, 3.05) is 59.0 Å². The minimum Gasteiger partial charge on any atom is -0.493 e. The number of hydrogen-bond acceptors (Lipinski definition) is 8. The summed E-state index contributed by atoms with van der Waals surface area (Å²) in [6, 6.07) is 15.8. The van der Waals surface area contributed by atoms with Crippen LogP contribution >= 0.6 is 11.6 Å². The number of aliphatic carboxylic acids is 1. The second-order valence-electron chi connectivity index (χ2n) is 15.4. The highest BCUT2D eigenvalue weighted by Gasteiger charge is 2.29. The molecule has 3 fully saturated rings. The summed E-state index contributed by atoms with van der Waals surface area (Å²) in [5, 5.41) is 20.3. The predicted octanol–water partition coefficient (Wildman–Crippen LogP) is 7.59. The van der Waals surface area contributed by atoms with Gasteiger partial charge < -0.3 is 34.2 Å². The van der Waals surface area contributed by atoms with Crippen molar-refractivity contribution in [1.29, 1.82) is 0 Å². The van der Waals surface area contributed by atoms with Gasteiger partial charge in [-0.3, -0.25) is 9.69 Å². The number of carbonyl (C=O) groups is 1. The Morgan fingerprint density at radius 2 is 1.49 bits per heavy atom. The summed E-state index contributed by atoms with van der Waals surface area (Å²) in [6.07, 6.45) is 6.19. The van der Waals surface area contributed by atoms with Crippen LogP contribution in [0.2, 0.25) is 5.02 Å². The third kappa shape index (κ3) is 10.5. The molecule has 0 bridgehead atoms. The van der Waals surface area contributed by atoms with Crippen molar-refractivity contribution in [2.45, 2.75) is 91.0 Å². The Morgan fingerprint density at radius 1 is 0.792 bits per heavy atom. The van der Waals surface area contributed by atoms with Crippen molar-refractivity contribution in [3.05, 3.63) is 75.8 Å². The minimum atomic E-state index is -0.791. The average Bonchev–Trinajstić information content (AvgIpc) is 3.76. The van der Waals surface area contributed by atoms with Crippen LogP contribution in [0, 0.1) is 19.8 Å². The zero-order valence-electron chi connectivity index (χ0n) is 31.8. The summed E-state index contributed by atoms with van der Waals surface area (Å²) in [4.78, 5) is 18.9. The van der Waals surface area contributed by atoms with Crippen LogP contribution in [0.1, 0.15) is 74.1 Å². The quantitative estimate of drug-likeness (QED) is 0.136. The Bertz CT molecular complexity index is 1690. The van der Waals surface area contributed by atoms with Gasteiger partial charge >= 0.3 is 5.97 Å². The Morgan fingerprint density at radius 3 is 2.19 bits per heavy atom. The van der Waals surface area contributed by atoms with Crippen molar-refractivity contribution in [1.82, 2.24) is 14.7 Å². The second-order valence-corrected chi connectivity index (χ2v) is 15.8. The molecule has 3 aromatic carbocycles. The van der Waals surface area contributed by atoms with E-state index in [0.29, 0.717) is 62.4 Å². The summed E-state index contributed by atoms with van der Waals surface area (Å²) >= 11 is 6.88. The first-order valence-electron chi connectivity index (χ1n) is 19.6. The van der Waals surface area contributed by atoms with E-state index in [1.807, 2.05) is 17.0 Å². The first-order valence-corrected chi connectivity index (χ1v) is 20.0. The van der Waals surface area contributed by atoms with Crippen LogP contribution in [0.4, 0.5) is 0 Å². The van der Waals surface area contributed by atoms with Crippen LogP contribution < -0.4 is 14.2 Å². The number of aliphatic hydroxyl groups excluding tert-OH is 1. The van der Waals surface area contributed by atoms with Gasteiger partial charge in [0, 0.05) is 50.9 Å². The molecule has 3 heterocycles. The average molecular weight is 748 g/mol. The molecule has 0 amide bonds. The van der Waals surface area contributed by atoms with Gasteiger partial charge in [-0.25, -0.2) is 0 Å². The molecule has 6 rings (SSSR count).